The molecule has 6 heteroatoms. The van der Waals surface area contributed by atoms with Gasteiger partial charge in [0, 0.05) is 18.1 Å². The molecule has 0 fully saturated rings. The molecule has 0 atom stereocenters. The van der Waals surface area contributed by atoms with Crippen LogP contribution in [0.4, 0.5) is 5.82 Å². The van der Waals surface area contributed by atoms with E-state index in [-0.39, 0.29) is 0 Å². The zero-order chi connectivity index (χ0) is 11.5. The SMILES string of the molecule is Cc1ncsc1CN(C)c1ncncc1I. The zero-order valence-corrected chi connectivity index (χ0v) is 12.0. The average molecular weight is 346 g/mol. The largest absolute Gasteiger partial charge is 0.353 e. The van der Waals surface area contributed by atoms with Crippen LogP contribution in [0.15, 0.2) is 18.0 Å². The van der Waals surface area contributed by atoms with Crippen LogP contribution in [-0.4, -0.2) is 22.0 Å². The first-order valence-electron chi connectivity index (χ1n) is 4.74. The predicted octanol–water partition coefficient (Wildman–Crippen LogP) is 2.48. The lowest BCUT2D eigenvalue weighted by Gasteiger charge is -2.18. The summed E-state index contributed by atoms with van der Waals surface area (Å²) in [5.74, 6) is 0.961. The molecule has 0 aliphatic rings. The molecule has 0 unspecified atom stereocenters. The van der Waals surface area contributed by atoms with Gasteiger partial charge in [0.1, 0.15) is 12.1 Å². The first-order chi connectivity index (χ1) is 7.68. The van der Waals surface area contributed by atoms with Gasteiger partial charge in [-0.05, 0) is 29.5 Å². The van der Waals surface area contributed by atoms with Gasteiger partial charge in [-0.2, -0.15) is 0 Å². The molecule has 0 spiro atoms. The highest BCUT2D eigenvalue weighted by Gasteiger charge is 2.10. The van der Waals surface area contributed by atoms with Crippen molar-refractivity contribution in [2.75, 3.05) is 11.9 Å². The minimum atomic E-state index is 0.837. The lowest BCUT2D eigenvalue weighted by atomic mass is 10.3. The van der Waals surface area contributed by atoms with Crippen LogP contribution in [0.25, 0.3) is 0 Å². The second kappa shape index (κ2) is 5.05. The van der Waals surface area contributed by atoms with Gasteiger partial charge in [0.05, 0.1) is 21.3 Å². The molecule has 0 aliphatic carbocycles. The molecule has 0 amide bonds. The molecule has 0 radical (unpaired) electrons. The Kier molecular flexibility index (Phi) is 3.70. The summed E-state index contributed by atoms with van der Waals surface area (Å²) in [6.07, 6.45) is 3.40. The molecule has 2 aromatic rings. The molecule has 0 saturated heterocycles. The fourth-order valence-electron chi connectivity index (χ4n) is 1.36. The Morgan fingerprint density at radius 2 is 2.25 bits per heavy atom. The third kappa shape index (κ3) is 2.49. The molecule has 2 rings (SSSR count). The number of rotatable bonds is 3. The molecule has 0 saturated carbocycles. The van der Waals surface area contributed by atoms with Crippen LogP contribution >= 0.6 is 33.9 Å². The van der Waals surface area contributed by atoms with Gasteiger partial charge in [0.15, 0.2) is 0 Å². The summed E-state index contributed by atoms with van der Waals surface area (Å²) >= 11 is 3.93. The van der Waals surface area contributed by atoms with Crippen molar-refractivity contribution in [3.05, 3.63) is 32.2 Å². The summed E-state index contributed by atoms with van der Waals surface area (Å²) in [5, 5.41) is 0. The van der Waals surface area contributed by atoms with Gasteiger partial charge >= 0.3 is 0 Å². The second-order valence-electron chi connectivity index (χ2n) is 3.41. The van der Waals surface area contributed by atoms with Gasteiger partial charge < -0.3 is 4.90 Å². The second-order valence-corrected chi connectivity index (χ2v) is 5.51. The van der Waals surface area contributed by atoms with E-state index in [9.17, 15) is 0 Å². The zero-order valence-electron chi connectivity index (χ0n) is 9.01. The van der Waals surface area contributed by atoms with Crippen molar-refractivity contribution in [3.63, 3.8) is 0 Å². The highest BCUT2D eigenvalue weighted by atomic mass is 127. The number of aromatic nitrogens is 3. The summed E-state index contributed by atoms with van der Waals surface area (Å²) in [7, 11) is 2.03. The van der Waals surface area contributed by atoms with Crippen molar-refractivity contribution in [3.8, 4) is 0 Å². The van der Waals surface area contributed by atoms with Crippen molar-refractivity contribution in [1.29, 1.82) is 0 Å². The van der Waals surface area contributed by atoms with Gasteiger partial charge in [-0.1, -0.05) is 0 Å². The lowest BCUT2D eigenvalue weighted by Crippen LogP contribution is -2.18. The quantitative estimate of drug-likeness (QED) is 0.801. The Bertz CT molecular complexity index is 485. The van der Waals surface area contributed by atoms with E-state index < -0.39 is 0 Å². The summed E-state index contributed by atoms with van der Waals surface area (Å²) in [5.41, 5.74) is 2.98. The van der Waals surface area contributed by atoms with E-state index in [1.165, 1.54) is 4.88 Å². The van der Waals surface area contributed by atoms with Gasteiger partial charge in [-0.15, -0.1) is 11.3 Å². The topological polar surface area (TPSA) is 41.9 Å². The fraction of sp³-hybridized carbons (Fsp3) is 0.300. The van der Waals surface area contributed by atoms with Crippen LogP contribution in [0.3, 0.4) is 0 Å². The van der Waals surface area contributed by atoms with Crippen LogP contribution in [0.2, 0.25) is 0 Å². The number of hydrogen-bond donors (Lipinski definition) is 0. The van der Waals surface area contributed by atoms with Crippen molar-refractivity contribution < 1.29 is 0 Å². The molecular formula is C10H11IN4S. The van der Waals surface area contributed by atoms with E-state index in [1.54, 1.807) is 17.7 Å². The first-order valence-corrected chi connectivity index (χ1v) is 6.70. The number of aryl methyl sites for hydroxylation is 1. The highest BCUT2D eigenvalue weighted by Crippen LogP contribution is 2.21. The van der Waals surface area contributed by atoms with Gasteiger partial charge in [-0.3, -0.25) is 0 Å². The van der Waals surface area contributed by atoms with Crippen molar-refractivity contribution in [1.82, 2.24) is 15.0 Å². The Labute approximate surface area is 112 Å². The van der Waals surface area contributed by atoms with Crippen molar-refractivity contribution >= 4 is 39.7 Å². The number of halogens is 1. The summed E-state index contributed by atoms with van der Waals surface area (Å²) < 4.78 is 1.06. The Balaban J connectivity index is 2.18. The third-order valence-corrected chi connectivity index (χ3v) is 3.92. The molecule has 4 nitrogen and oxygen atoms in total. The summed E-state index contributed by atoms with van der Waals surface area (Å²) in [4.78, 5) is 15.9. The van der Waals surface area contributed by atoms with E-state index in [1.807, 2.05) is 25.7 Å². The summed E-state index contributed by atoms with van der Waals surface area (Å²) in [6, 6.07) is 0. The molecule has 16 heavy (non-hydrogen) atoms. The Morgan fingerprint density at radius 3 is 2.88 bits per heavy atom. The number of thiazole rings is 1. The van der Waals surface area contributed by atoms with Crippen LogP contribution in [0, 0.1) is 10.5 Å². The maximum Gasteiger partial charge on any atom is 0.145 e. The normalized spacial score (nSPS) is 10.4. The first kappa shape index (κ1) is 11.7. The third-order valence-electron chi connectivity index (χ3n) is 2.24. The van der Waals surface area contributed by atoms with Gasteiger partial charge in [-0.25, -0.2) is 15.0 Å². The predicted molar refractivity (Wildman–Crippen MR) is 73.7 cm³/mol. The molecular weight excluding hydrogens is 335 g/mol. The molecule has 0 bridgehead atoms. The molecule has 84 valence electrons. The molecule has 0 aromatic carbocycles. The van der Waals surface area contributed by atoms with Crippen LogP contribution < -0.4 is 4.90 Å². The molecule has 2 aromatic heterocycles. The van der Waals surface area contributed by atoms with E-state index in [4.69, 9.17) is 0 Å². The van der Waals surface area contributed by atoms with Crippen molar-refractivity contribution in [2.45, 2.75) is 13.5 Å². The van der Waals surface area contributed by atoms with E-state index >= 15 is 0 Å². The number of hydrogen-bond acceptors (Lipinski definition) is 5. The average Bonchev–Trinajstić information content (AvgIpc) is 2.65. The number of nitrogens with zero attached hydrogens (tertiary/aromatic N) is 4. The van der Waals surface area contributed by atoms with Crippen LogP contribution in [0.5, 0.6) is 0 Å². The smallest absolute Gasteiger partial charge is 0.145 e. The maximum atomic E-state index is 4.28. The standard InChI is InChI=1S/C10H11IN4S/c1-7-9(16-6-14-7)4-15(2)10-8(11)3-12-5-13-10/h3,5-6H,4H2,1-2H3. The summed E-state index contributed by atoms with van der Waals surface area (Å²) in [6.45, 7) is 2.87. The van der Waals surface area contributed by atoms with Crippen LogP contribution in [0.1, 0.15) is 10.6 Å². The maximum absolute atomic E-state index is 4.28. The minimum Gasteiger partial charge on any atom is -0.353 e. The Hall–Kier alpha value is -0.760. The van der Waals surface area contributed by atoms with Gasteiger partial charge in [0.2, 0.25) is 0 Å². The monoisotopic (exact) mass is 346 g/mol. The molecule has 0 aliphatic heterocycles. The van der Waals surface area contributed by atoms with E-state index in [0.29, 0.717) is 0 Å². The molecule has 0 N–H and O–H groups in total. The van der Waals surface area contributed by atoms with Crippen molar-refractivity contribution in [2.24, 2.45) is 0 Å². The number of anilines is 1. The minimum absolute atomic E-state index is 0.837. The Morgan fingerprint density at radius 1 is 1.44 bits per heavy atom. The molecule has 2 heterocycles. The van der Waals surface area contributed by atoms with Crippen LogP contribution in [-0.2, 0) is 6.54 Å². The van der Waals surface area contributed by atoms with Gasteiger partial charge in [0.25, 0.3) is 0 Å². The lowest BCUT2D eigenvalue weighted by molar-refractivity contribution is 0.888. The highest BCUT2D eigenvalue weighted by molar-refractivity contribution is 14.1. The van der Waals surface area contributed by atoms with E-state index in [0.717, 1.165) is 21.6 Å². The van der Waals surface area contributed by atoms with E-state index in [2.05, 4.69) is 42.4 Å². The fourth-order valence-corrected chi connectivity index (χ4v) is 2.90.